The fraction of sp³-hybridized carbons (Fsp3) is 0.364. The summed E-state index contributed by atoms with van der Waals surface area (Å²) in [5, 5.41) is 20.3. The fourth-order valence-electron chi connectivity index (χ4n) is 1.67. The molecule has 2 aromatic rings. The Hall–Kier alpha value is -2.31. The minimum atomic E-state index is -0.975. The van der Waals surface area contributed by atoms with Gasteiger partial charge in [-0.25, -0.2) is 4.79 Å². The van der Waals surface area contributed by atoms with Crippen molar-refractivity contribution in [1.82, 2.24) is 19.6 Å². The van der Waals surface area contributed by atoms with Crippen molar-refractivity contribution in [2.75, 3.05) is 5.32 Å². The van der Waals surface area contributed by atoms with Gasteiger partial charge in [0.15, 0.2) is 0 Å². The number of hydrogen-bond donors (Lipinski definition) is 2. The lowest BCUT2D eigenvalue weighted by atomic mass is 10.2. The Balaban J connectivity index is 2.15. The monoisotopic (exact) mass is 249 g/mol. The zero-order valence-electron chi connectivity index (χ0n) is 10.5. The van der Waals surface area contributed by atoms with Crippen LogP contribution in [-0.2, 0) is 20.6 Å². The van der Waals surface area contributed by atoms with E-state index in [0.29, 0.717) is 18.1 Å². The molecule has 18 heavy (non-hydrogen) atoms. The number of carbonyl (C=O) groups is 1. The number of carboxylic acid groups (broad SMARTS) is 1. The average molecular weight is 249 g/mol. The number of aromatic carboxylic acids is 1. The van der Waals surface area contributed by atoms with Gasteiger partial charge in [0.2, 0.25) is 0 Å². The number of rotatable bonds is 4. The van der Waals surface area contributed by atoms with E-state index in [-0.39, 0.29) is 5.56 Å². The van der Waals surface area contributed by atoms with Crippen LogP contribution in [0.2, 0.25) is 0 Å². The quantitative estimate of drug-likeness (QED) is 0.836. The van der Waals surface area contributed by atoms with Crippen LogP contribution in [0.4, 0.5) is 5.82 Å². The molecular formula is C11H15N5O2. The highest BCUT2D eigenvalue weighted by atomic mass is 16.4. The number of anilines is 1. The summed E-state index contributed by atoms with van der Waals surface area (Å²) in [6.07, 6.45) is 1.35. The maximum Gasteiger partial charge on any atom is 0.339 e. The van der Waals surface area contributed by atoms with Crippen LogP contribution in [0.25, 0.3) is 0 Å². The van der Waals surface area contributed by atoms with Gasteiger partial charge >= 0.3 is 5.97 Å². The first kappa shape index (κ1) is 12.2. The van der Waals surface area contributed by atoms with Crippen molar-refractivity contribution in [1.29, 1.82) is 0 Å². The van der Waals surface area contributed by atoms with E-state index in [0.717, 1.165) is 5.69 Å². The van der Waals surface area contributed by atoms with Crippen LogP contribution in [0.1, 0.15) is 21.7 Å². The normalized spacial score (nSPS) is 10.6. The lowest BCUT2D eigenvalue weighted by Crippen LogP contribution is -2.10. The van der Waals surface area contributed by atoms with Gasteiger partial charge in [-0.2, -0.15) is 10.2 Å². The summed E-state index contributed by atoms with van der Waals surface area (Å²) in [6.45, 7) is 2.32. The van der Waals surface area contributed by atoms with Crippen LogP contribution in [-0.4, -0.2) is 30.6 Å². The van der Waals surface area contributed by atoms with Crippen LogP contribution in [0.5, 0.6) is 0 Å². The van der Waals surface area contributed by atoms with E-state index < -0.39 is 5.97 Å². The van der Waals surface area contributed by atoms with E-state index in [1.54, 1.807) is 16.4 Å². The molecule has 0 aliphatic carbocycles. The second-order valence-electron chi connectivity index (χ2n) is 4.08. The van der Waals surface area contributed by atoms with Gasteiger partial charge in [0, 0.05) is 25.9 Å². The predicted octanol–water partition coefficient (Wildman–Crippen LogP) is 0.772. The third kappa shape index (κ3) is 2.20. The SMILES string of the molecule is Cc1cc(NCc2c(C(=O)O)cnn2C)nn1C. The standard InChI is InChI=1S/C11H15N5O2/c1-7-4-10(14-15(7)2)12-6-9-8(11(17)18)5-13-16(9)3/h4-5H,6H2,1-3H3,(H,12,14)(H,17,18). The molecule has 2 rings (SSSR count). The summed E-state index contributed by atoms with van der Waals surface area (Å²) >= 11 is 0. The molecule has 2 aromatic heterocycles. The van der Waals surface area contributed by atoms with Crippen molar-refractivity contribution >= 4 is 11.8 Å². The van der Waals surface area contributed by atoms with E-state index in [2.05, 4.69) is 15.5 Å². The molecule has 0 radical (unpaired) electrons. The molecule has 0 atom stereocenters. The Bertz CT molecular complexity index is 565. The van der Waals surface area contributed by atoms with Crippen molar-refractivity contribution in [2.24, 2.45) is 14.1 Å². The Morgan fingerprint density at radius 1 is 1.44 bits per heavy atom. The van der Waals surface area contributed by atoms with Gasteiger partial charge in [-0.15, -0.1) is 0 Å². The molecule has 2 heterocycles. The van der Waals surface area contributed by atoms with Crippen molar-refractivity contribution in [3.63, 3.8) is 0 Å². The molecule has 0 aromatic carbocycles. The van der Waals surface area contributed by atoms with Gasteiger partial charge < -0.3 is 10.4 Å². The van der Waals surface area contributed by atoms with E-state index in [1.165, 1.54) is 6.20 Å². The molecule has 0 unspecified atom stereocenters. The van der Waals surface area contributed by atoms with Crippen molar-refractivity contribution in [3.05, 3.63) is 29.2 Å². The number of nitrogens with one attached hydrogen (secondary N) is 1. The molecule has 0 saturated heterocycles. The van der Waals surface area contributed by atoms with Gasteiger partial charge in [0.05, 0.1) is 18.4 Å². The highest BCUT2D eigenvalue weighted by molar-refractivity contribution is 5.88. The third-order valence-electron chi connectivity index (χ3n) is 2.84. The van der Waals surface area contributed by atoms with Crippen molar-refractivity contribution in [3.8, 4) is 0 Å². The number of nitrogens with zero attached hydrogens (tertiary/aromatic N) is 4. The Morgan fingerprint density at radius 3 is 2.72 bits per heavy atom. The number of carboxylic acids is 1. The summed E-state index contributed by atoms with van der Waals surface area (Å²) in [6, 6.07) is 1.90. The zero-order valence-corrected chi connectivity index (χ0v) is 10.5. The fourth-order valence-corrected chi connectivity index (χ4v) is 1.67. The molecule has 0 amide bonds. The van der Waals surface area contributed by atoms with E-state index >= 15 is 0 Å². The van der Waals surface area contributed by atoms with Gasteiger partial charge in [-0.1, -0.05) is 0 Å². The lowest BCUT2D eigenvalue weighted by molar-refractivity contribution is 0.0695. The predicted molar refractivity (Wildman–Crippen MR) is 65.4 cm³/mol. The first-order valence-electron chi connectivity index (χ1n) is 5.47. The Kier molecular flexibility index (Phi) is 3.05. The maximum atomic E-state index is 11.0. The highest BCUT2D eigenvalue weighted by Crippen LogP contribution is 2.12. The average Bonchev–Trinajstić information content (AvgIpc) is 2.81. The second kappa shape index (κ2) is 4.52. The summed E-state index contributed by atoms with van der Waals surface area (Å²) in [7, 11) is 3.57. The lowest BCUT2D eigenvalue weighted by Gasteiger charge is -2.05. The van der Waals surface area contributed by atoms with Gasteiger partial charge in [-0.3, -0.25) is 9.36 Å². The van der Waals surface area contributed by atoms with Crippen LogP contribution in [0.15, 0.2) is 12.3 Å². The van der Waals surface area contributed by atoms with E-state index in [4.69, 9.17) is 5.11 Å². The van der Waals surface area contributed by atoms with E-state index in [9.17, 15) is 4.79 Å². The molecule has 0 saturated carbocycles. The molecule has 0 bridgehead atoms. The highest BCUT2D eigenvalue weighted by Gasteiger charge is 2.14. The summed E-state index contributed by atoms with van der Waals surface area (Å²) < 4.78 is 3.30. The summed E-state index contributed by atoms with van der Waals surface area (Å²) in [5.41, 5.74) is 1.85. The van der Waals surface area contributed by atoms with Gasteiger partial charge in [-0.05, 0) is 6.92 Å². The Labute approximate surface area is 104 Å². The largest absolute Gasteiger partial charge is 0.478 e. The first-order chi connectivity index (χ1) is 8.49. The number of aromatic nitrogens is 4. The molecule has 7 nitrogen and oxygen atoms in total. The van der Waals surface area contributed by atoms with Crippen molar-refractivity contribution < 1.29 is 9.90 Å². The van der Waals surface area contributed by atoms with Gasteiger partial charge in [0.1, 0.15) is 11.4 Å². The van der Waals surface area contributed by atoms with Crippen LogP contribution >= 0.6 is 0 Å². The van der Waals surface area contributed by atoms with Crippen LogP contribution in [0.3, 0.4) is 0 Å². The molecule has 0 fully saturated rings. The number of aryl methyl sites for hydroxylation is 3. The van der Waals surface area contributed by atoms with Crippen LogP contribution in [0, 0.1) is 6.92 Å². The molecular weight excluding hydrogens is 234 g/mol. The molecule has 0 aliphatic heterocycles. The minimum Gasteiger partial charge on any atom is -0.478 e. The zero-order chi connectivity index (χ0) is 13.3. The molecule has 96 valence electrons. The maximum absolute atomic E-state index is 11.0. The van der Waals surface area contributed by atoms with E-state index in [1.807, 2.05) is 20.0 Å². The summed E-state index contributed by atoms with van der Waals surface area (Å²) in [4.78, 5) is 11.0. The third-order valence-corrected chi connectivity index (χ3v) is 2.84. The molecule has 0 spiro atoms. The van der Waals surface area contributed by atoms with Crippen LogP contribution < -0.4 is 5.32 Å². The van der Waals surface area contributed by atoms with Gasteiger partial charge in [0.25, 0.3) is 0 Å². The van der Waals surface area contributed by atoms with Crippen molar-refractivity contribution in [2.45, 2.75) is 13.5 Å². The Morgan fingerprint density at radius 2 is 2.17 bits per heavy atom. The summed E-state index contributed by atoms with van der Waals surface area (Å²) in [5.74, 6) is -0.260. The molecule has 0 aliphatic rings. The second-order valence-corrected chi connectivity index (χ2v) is 4.08. The minimum absolute atomic E-state index is 0.206. The molecule has 7 heteroatoms. The molecule has 2 N–H and O–H groups in total. The topological polar surface area (TPSA) is 85.0 Å². The number of hydrogen-bond acceptors (Lipinski definition) is 4. The smallest absolute Gasteiger partial charge is 0.339 e. The first-order valence-corrected chi connectivity index (χ1v) is 5.47.